The number of hydrogen-bond acceptors (Lipinski definition) is 4. The van der Waals surface area contributed by atoms with Gasteiger partial charge in [0.25, 0.3) is 5.91 Å². The quantitative estimate of drug-likeness (QED) is 0.599. The molecule has 25 heavy (non-hydrogen) atoms. The number of amides is 1. The van der Waals surface area contributed by atoms with Crippen molar-refractivity contribution in [3.05, 3.63) is 51.7 Å². The van der Waals surface area contributed by atoms with Gasteiger partial charge in [0.15, 0.2) is 0 Å². The summed E-state index contributed by atoms with van der Waals surface area (Å²) < 4.78 is 10.9. The molecule has 2 heterocycles. The van der Waals surface area contributed by atoms with Crippen LogP contribution in [0.15, 0.2) is 40.3 Å². The van der Waals surface area contributed by atoms with E-state index in [0.29, 0.717) is 47.9 Å². The lowest BCUT2D eigenvalue weighted by molar-refractivity contribution is -0.130. The van der Waals surface area contributed by atoms with Gasteiger partial charge in [-0.2, -0.15) is 5.26 Å². The van der Waals surface area contributed by atoms with E-state index < -0.39 is 0 Å². The van der Waals surface area contributed by atoms with Crippen molar-refractivity contribution in [2.75, 3.05) is 26.3 Å². The zero-order valence-electron chi connectivity index (χ0n) is 13.2. The SMILES string of the molecule is N#C/C(=C\c1ccc(-c2ccc(Cl)c(Cl)c2)o1)C(=O)N1CCOCC1. The summed E-state index contributed by atoms with van der Waals surface area (Å²) in [6.07, 6.45) is 1.44. The van der Waals surface area contributed by atoms with Crippen molar-refractivity contribution >= 4 is 35.2 Å². The Morgan fingerprint density at radius 1 is 1.16 bits per heavy atom. The first-order valence-electron chi connectivity index (χ1n) is 7.62. The lowest BCUT2D eigenvalue weighted by Crippen LogP contribution is -2.41. The molecular weight excluding hydrogens is 363 g/mol. The van der Waals surface area contributed by atoms with Gasteiger partial charge in [-0.25, -0.2) is 0 Å². The fourth-order valence-corrected chi connectivity index (χ4v) is 2.75. The maximum Gasteiger partial charge on any atom is 0.264 e. The second kappa shape index (κ2) is 7.75. The summed E-state index contributed by atoms with van der Waals surface area (Å²) in [5.74, 6) is 0.665. The monoisotopic (exact) mass is 376 g/mol. The molecule has 0 atom stereocenters. The number of nitrogens with zero attached hydrogens (tertiary/aromatic N) is 2. The molecule has 1 aromatic heterocycles. The van der Waals surface area contributed by atoms with Crippen LogP contribution in [0.1, 0.15) is 5.76 Å². The Labute approximate surface area is 155 Å². The van der Waals surface area contributed by atoms with Gasteiger partial charge in [0.05, 0.1) is 23.3 Å². The Hall–Kier alpha value is -2.26. The number of carbonyl (C=O) groups excluding carboxylic acids is 1. The van der Waals surface area contributed by atoms with Gasteiger partial charge in [-0.15, -0.1) is 0 Å². The van der Waals surface area contributed by atoms with Crippen LogP contribution in [0.4, 0.5) is 0 Å². The second-order valence-electron chi connectivity index (χ2n) is 5.41. The highest BCUT2D eigenvalue weighted by Crippen LogP contribution is 2.30. The molecule has 0 spiro atoms. The van der Waals surface area contributed by atoms with Crippen LogP contribution in [0.2, 0.25) is 10.0 Å². The van der Waals surface area contributed by atoms with Gasteiger partial charge in [-0.1, -0.05) is 23.2 Å². The van der Waals surface area contributed by atoms with E-state index in [1.165, 1.54) is 6.08 Å². The molecule has 3 rings (SSSR count). The summed E-state index contributed by atoms with van der Waals surface area (Å²) in [6, 6.07) is 10.5. The van der Waals surface area contributed by atoms with Crippen LogP contribution in [-0.2, 0) is 9.53 Å². The summed E-state index contributed by atoms with van der Waals surface area (Å²) in [7, 11) is 0. The van der Waals surface area contributed by atoms with Gasteiger partial charge in [-0.05, 0) is 30.3 Å². The highest BCUT2D eigenvalue weighted by atomic mass is 35.5. The molecular formula is C18H14Cl2N2O3. The number of nitriles is 1. The molecule has 0 N–H and O–H groups in total. The third-order valence-corrected chi connectivity index (χ3v) is 4.51. The summed E-state index contributed by atoms with van der Waals surface area (Å²) >= 11 is 11.9. The van der Waals surface area contributed by atoms with Crippen molar-refractivity contribution in [2.45, 2.75) is 0 Å². The number of carbonyl (C=O) groups is 1. The predicted molar refractivity (Wildman–Crippen MR) is 95.2 cm³/mol. The molecule has 0 unspecified atom stereocenters. The molecule has 7 heteroatoms. The summed E-state index contributed by atoms with van der Waals surface area (Å²) in [6.45, 7) is 1.91. The largest absolute Gasteiger partial charge is 0.457 e. The maximum atomic E-state index is 12.4. The zero-order chi connectivity index (χ0) is 17.8. The van der Waals surface area contributed by atoms with Crippen LogP contribution in [0.25, 0.3) is 17.4 Å². The number of benzene rings is 1. The standard InChI is InChI=1S/C18H14Cl2N2O3/c19-15-3-1-12(10-16(15)20)17-4-2-14(25-17)9-13(11-21)18(23)22-5-7-24-8-6-22/h1-4,9-10H,5-8H2/b13-9+. The Morgan fingerprint density at radius 3 is 2.60 bits per heavy atom. The third-order valence-electron chi connectivity index (χ3n) is 3.77. The fraction of sp³-hybridized carbons (Fsp3) is 0.222. The van der Waals surface area contributed by atoms with E-state index >= 15 is 0 Å². The smallest absolute Gasteiger partial charge is 0.264 e. The van der Waals surface area contributed by atoms with Gasteiger partial charge in [0.2, 0.25) is 0 Å². The Bertz CT molecular complexity index is 861. The lowest BCUT2D eigenvalue weighted by atomic mass is 10.2. The van der Waals surface area contributed by atoms with Crippen LogP contribution in [0.3, 0.4) is 0 Å². The first-order valence-corrected chi connectivity index (χ1v) is 8.38. The lowest BCUT2D eigenvalue weighted by Gasteiger charge is -2.26. The Balaban J connectivity index is 1.82. The molecule has 1 aromatic carbocycles. The van der Waals surface area contributed by atoms with Crippen molar-refractivity contribution in [1.82, 2.24) is 4.90 Å². The summed E-state index contributed by atoms with van der Waals surface area (Å²) in [4.78, 5) is 14.0. The molecule has 1 aliphatic rings. The van der Waals surface area contributed by atoms with E-state index in [1.807, 2.05) is 6.07 Å². The molecule has 0 saturated carbocycles. The topological polar surface area (TPSA) is 66.5 Å². The molecule has 1 fully saturated rings. The molecule has 0 bridgehead atoms. The molecule has 1 amide bonds. The van der Waals surface area contributed by atoms with Crippen LogP contribution >= 0.6 is 23.2 Å². The minimum atomic E-state index is -0.321. The number of furan rings is 1. The van der Waals surface area contributed by atoms with E-state index in [9.17, 15) is 10.1 Å². The highest BCUT2D eigenvalue weighted by molar-refractivity contribution is 6.42. The van der Waals surface area contributed by atoms with E-state index in [-0.39, 0.29) is 11.5 Å². The highest BCUT2D eigenvalue weighted by Gasteiger charge is 2.21. The van der Waals surface area contributed by atoms with E-state index in [1.54, 1.807) is 35.2 Å². The van der Waals surface area contributed by atoms with Crippen molar-refractivity contribution in [3.63, 3.8) is 0 Å². The number of rotatable bonds is 3. The molecule has 1 saturated heterocycles. The number of ether oxygens (including phenoxy) is 1. The van der Waals surface area contributed by atoms with Gasteiger partial charge >= 0.3 is 0 Å². The molecule has 128 valence electrons. The fourth-order valence-electron chi connectivity index (χ4n) is 2.46. The number of hydrogen-bond donors (Lipinski definition) is 0. The minimum Gasteiger partial charge on any atom is -0.457 e. The molecule has 2 aromatic rings. The van der Waals surface area contributed by atoms with Gasteiger partial charge in [-0.3, -0.25) is 4.79 Å². The molecule has 0 radical (unpaired) electrons. The van der Waals surface area contributed by atoms with Crippen LogP contribution in [0, 0.1) is 11.3 Å². The summed E-state index contributed by atoms with van der Waals surface area (Å²) in [5, 5.41) is 10.2. The number of halogens is 2. The third kappa shape index (κ3) is 4.05. The Kier molecular flexibility index (Phi) is 5.44. The maximum absolute atomic E-state index is 12.4. The first-order chi connectivity index (χ1) is 12.1. The van der Waals surface area contributed by atoms with Crippen molar-refractivity contribution < 1.29 is 13.9 Å². The van der Waals surface area contributed by atoms with Gasteiger partial charge in [0.1, 0.15) is 23.2 Å². The molecule has 5 nitrogen and oxygen atoms in total. The second-order valence-corrected chi connectivity index (χ2v) is 6.22. The number of morpholine rings is 1. The van der Waals surface area contributed by atoms with Crippen molar-refractivity contribution in [3.8, 4) is 17.4 Å². The molecule has 1 aliphatic heterocycles. The van der Waals surface area contributed by atoms with Crippen LogP contribution in [-0.4, -0.2) is 37.1 Å². The Morgan fingerprint density at radius 2 is 1.92 bits per heavy atom. The average molecular weight is 377 g/mol. The summed E-state index contributed by atoms with van der Waals surface area (Å²) in [5.41, 5.74) is 0.781. The minimum absolute atomic E-state index is 0.0249. The molecule has 0 aliphatic carbocycles. The average Bonchev–Trinajstić information content (AvgIpc) is 3.11. The van der Waals surface area contributed by atoms with E-state index in [4.69, 9.17) is 32.4 Å². The van der Waals surface area contributed by atoms with Crippen LogP contribution < -0.4 is 0 Å². The zero-order valence-corrected chi connectivity index (χ0v) is 14.7. The normalized spacial score (nSPS) is 15.1. The van der Waals surface area contributed by atoms with Crippen molar-refractivity contribution in [1.29, 1.82) is 5.26 Å². The van der Waals surface area contributed by atoms with Crippen LogP contribution in [0.5, 0.6) is 0 Å². The van der Waals surface area contributed by atoms with E-state index in [2.05, 4.69) is 0 Å². The van der Waals surface area contributed by atoms with Gasteiger partial charge < -0.3 is 14.1 Å². The first kappa shape index (κ1) is 17.6. The van der Waals surface area contributed by atoms with E-state index in [0.717, 1.165) is 5.56 Å². The predicted octanol–water partition coefficient (Wildman–Crippen LogP) is 4.02. The van der Waals surface area contributed by atoms with Gasteiger partial charge in [0, 0.05) is 24.7 Å². The van der Waals surface area contributed by atoms with Crippen molar-refractivity contribution in [2.24, 2.45) is 0 Å².